The first kappa shape index (κ1) is 14.2. The summed E-state index contributed by atoms with van der Waals surface area (Å²) in [6.07, 6.45) is 11.9. The molecule has 1 spiro atoms. The predicted molar refractivity (Wildman–Crippen MR) is 84.9 cm³/mol. The summed E-state index contributed by atoms with van der Waals surface area (Å²) in [6.45, 7) is 5.30. The molecule has 3 fully saturated rings. The Labute approximate surface area is 123 Å². The number of nitrogens with zero attached hydrogens (tertiary/aromatic N) is 1. The third kappa shape index (κ3) is 3.89. The second-order valence-corrected chi connectivity index (χ2v) is 8.07. The second kappa shape index (κ2) is 6.82. The van der Waals surface area contributed by atoms with Crippen LogP contribution in [0.15, 0.2) is 0 Å². The van der Waals surface area contributed by atoms with Crippen molar-refractivity contribution in [2.75, 3.05) is 37.7 Å². The first-order valence-corrected chi connectivity index (χ1v) is 9.55. The molecule has 0 amide bonds. The van der Waals surface area contributed by atoms with Gasteiger partial charge < -0.3 is 10.2 Å². The van der Waals surface area contributed by atoms with E-state index in [9.17, 15) is 0 Å². The molecule has 110 valence electrons. The smallest absolute Gasteiger partial charge is 0.0170 e. The van der Waals surface area contributed by atoms with E-state index in [1.54, 1.807) is 0 Å². The highest BCUT2D eigenvalue weighted by molar-refractivity contribution is 7.99. The summed E-state index contributed by atoms with van der Waals surface area (Å²) in [4.78, 5) is 2.74. The monoisotopic (exact) mass is 282 g/mol. The molecule has 1 atom stereocenters. The number of hydrogen-bond donors (Lipinski definition) is 1. The van der Waals surface area contributed by atoms with E-state index >= 15 is 0 Å². The molecule has 3 aliphatic rings. The lowest BCUT2D eigenvalue weighted by atomic mass is 9.68. The van der Waals surface area contributed by atoms with Gasteiger partial charge in [-0.2, -0.15) is 11.8 Å². The molecule has 2 heterocycles. The Bertz CT molecular complexity index is 257. The zero-order valence-corrected chi connectivity index (χ0v) is 13.1. The minimum atomic E-state index is 0.772. The van der Waals surface area contributed by atoms with Gasteiger partial charge in [-0.15, -0.1) is 0 Å². The molecule has 0 radical (unpaired) electrons. The van der Waals surface area contributed by atoms with Gasteiger partial charge in [-0.05, 0) is 57.2 Å². The van der Waals surface area contributed by atoms with E-state index in [0.29, 0.717) is 0 Å². The number of thioether (sulfide) groups is 1. The van der Waals surface area contributed by atoms with Crippen LogP contribution in [-0.4, -0.2) is 48.6 Å². The van der Waals surface area contributed by atoms with Gasteiger partial charge in [0.25, 0.3) is 0 Å². The zero-order valence-electron chi connectivity index (χ0n) is 12.3. The molecule has 2 aliphatic heterocycles. The van der Waals surface area contributed by atoms with E-state index in [-0.39, 0.29) is 0 Å². The number of hydrogen-bond acceptors (Lipinski definition) is 3. The van der Waals surface area contributed by atoms with Crippen molar-refractivity contribution in [2.24, 2.45) is 5.41 Å². The van der Waals surface area contributed by atoms with Crippen LogP contribution in [0.5, 0.6) is 0 Å². The van der Waals surface area contributed by atoms with Gasteiger partial charge in [0.2, 0.25) is 0 Å². The number of likely N-dealkylation sites (tertiary alicyclic amines) is 1. The quantitative estimate of drug-likeness (QED) is 0.856. The molecule has 0 aromatic heterocycles. The van der Waals surface area contributed by atoms with Crippen molar-refractivity contribution in [1.29, 1.82) is 0 Å². The zero-order chi connectivity index (χ0) is 13.0. The maximum absolute atomic E-state index is 3.67. The van der Waals surface area contributed by atoms with Crippen molar-refractivity contribution in [3.8, 4) is 0 Å². The molecular weight excluding hydrogens is 252 g/mol. The maximum Gasteiger partial charge on any atom is 0.0170 e. The highest BCUT2D eigenvalue weighted by Gasteiger charge is 2.35. The van der Waals surface area contributed by atoms with Crippen LogP contribution in [0, 0.1) is 5.41 Å². The average Bonchev–Trinajstić information content (AvgIpc) is 2.49. The van der Waals surface area contributed by atoms with Gasteiger partial charge in [-0.1, -0.05) is 19.3 Å². The molecule has 1 saturated carbocycles. The first-order valence-electron chi connectivity index (χ1n) is 8.40. The standard InChI is InChI=1S/C16H30N2S/c1-2-5-16(6-3-1)7-11-18(12-8-16)10-4-15-14-19-13-9-17-15/h15,17H,1-14H2. The van der Waals surface area contributed by atoms with Gasteiger partial charge in [0.05, 0.1) is 0 Å². The van der Waals surface area contributed by atoms with E-state index in [0.717, 1.165) is 11.5 Å². The third-order valence-corrected chi connectivity index (χ3v) is 6.75. The Kier molecular flexibility index (Phi) is 5.10. The molecule has 0 aromatic rings. The lowest BCUT2D eigenvalue weighted by molar-refractivity contribution is 0.0662. The molecule has 2 nitrogen and oxygen atoms in total. The number of rotatable bonds is 3. The van der Waals surface area contributed by atoms with Crippen molar-refractivity contribution in [3.05, 3.63) is 0 Å². The van der Waals surface area contributed by atoms with E-state index in [1.807, 2.05) is 0 Å². The van der Waals surface area contributed by atoms with Crippen LogP contribution in [0.4, 0.5) is 0 Å². The molecule has 3 rings (SSSR count). The Hall–Kier alpha value is 0.270. The second-order valence-electron chi connectivity index (χ2n) is 6.92. The normalized spacial score (nSPS) is 32.5. The summed E-state index contributed by atoms with van der Waals surface area (Å²) < 4.78 is 0. The molecular formula is C16H30N2S. The van der Waals surface area contributed by atoms with Crippen LogP contribution in [0.25, 0.3) is 0 Å². The van der Waals surface area contributed by atoms with E-state index in [4.69, 9.17) is 0 Å². The van der Waals surface area contributed by atoms with Crippen LogP contribution >= 0.6 is 11.8 Å². The highest BCUT2D eigenvalue weighted by atomic mass is 32.2. The Balaban J connectivity index is 1.37. The van der Waals surface area contributed by atoms with Crippen LogP contribution in [0.1, 0.15) is 51.4 Å². The lowest BCUT2D eigenvalue weighted by Crippen LogP contribution is -2.44. The van der Waals surface area contributed by atoms with Crippen molar-refractivity contribution in [1.82, 2.24) is 10.2 Å². The fourth-order valence-electron chi connectivity index (χ4n) is 4.20. The molecule has 3 heteroatoms. The van der Waals surface area contributed by atoms with Gasteiger partial charge in [0.15, 0.2) is 0 Å². The predicted octanol–water partition coefficient (Wildman–Crippen LogP) is 3.13. The van der Waals surface area contributed by atoms with Gasteiger partial charge in [-0.25, -0.2) is 0 Å². The van der Waals surface area contributed by atoms with Gasteiger partial charge in [-0.3, -0.25) is 0 Å². The topological polar surface area (TPSA) is 15.3 Å². The molecule has 1 N–H and O–H groups in total. The van der Waals surface area contributed by atoms with E-state index < -0.39 is 0 Å². The van der Waals surface area contributed by atoms with Gasteiger partial charge in [0.1, 0.15) is 0 Å². The van der Waals surface area contributed by atoms with E-state index in [2.05, 4.69) is 22.0 Å². The fourth-order valence-corrected chi connectivity index (χ4v) is 5.19. The average molecular weight is 282 g/mol. The Morgan fingerprint density at radius 1 is 1.05 bits per heavy atom. The van der Waals surface area contributed by atoms with Crippen LogP contribution in [-0.2, 0) is 0 Å². The summed E-state index contributed by atoms with van der Waals surface area (Å²) in [7, 11) is 0. The summed E-state index contributed by atoms with van der Waals surface area (Å²) in [5, 5.41) is 3.67. The van der Waals surface area contributed by atoms with Crippen molar-refractivity contribution < 1.29 is 0 Å². The Morgan fingerprint density at radius 3 is 2.53 bits per heavy atom. The number of piperidine rings is 1. The Morgan fingerprint density at radius 2 is 1.84 bits per heavy atom. The molecule has 2 saturated heterocycles. The molecule has 0 aromatic carbocycles. The minimum absolute atomic E-state index is 0.772. The van der Waals surface area contributed by atoms with Crippen molar-refractivity contribution in [3.63, 3.8) is 0 Å². The van der Waals surface area contributed by atoms with Crippen LogP contribution in [0.3, 0.4) is 0 Å². The third-order valence-electron chi connectivity index (χ3n) is 5.62. The van der Waals surface area contributed by atoms with Crippen molar-refractivity contribution in [2.45, 2.75) is 57.4 Å². The molecule has 1 unspecified atom stereocenters. The molecule has 1 aliphatic carbocycles. The molecule has 19 heavy (non-hydrogen) atoms. The molecule has 0 bridgehead atoms. The van der Waals surface area contributed by atoms with Crippen LogP contribution < -0.4 is 5.32 Å². The fraction of sp³-hybridized carbons (Fsp3) is 1.00. The van der Waals surface area contributed by atoms with Gasteiger partial charge in [0, 0.05) is 24.1 Å². The highest BCUT2D eigenvalue weighted by Crippen LogP contribution is 2.44. The summed E-state index contributed by atoms with van der Waals surface area (Å²) >= 11 is 2.13. The SMILES string of the molecule is C1CCC2(CC1)CCN(CCC1CSCCN1)CC2. The summed E-state index contributed by atoms with van der Waals surface area (Å²) in [5.41, 5.74) is 0.772. The maximum atomic E-state index is 3.67. The van der Waals surface area contributed by atoms with Crippen molar-refractivity contribution >= 4 is 11.8 Å². The van der Waals surface area contributed by atoms with Gasteiger partial charge >= 0.3 is 0 Å². The minimum Gasteiger partial charge on any atom is -0.312 e. The van der Waals surface area contributed by atoms with Crippen LogP contribution in [0.2, 0.25) is 0 Å². The summed E-state index contributed by atoms with van der Waals surface area (Å²) in [5.74, 6) is 2.64. The first-order chi connectivity index (χ1) is 9.36. The lowest BCUT2D eigenvalue weighted by Gasteiger charge is -2.44. The largest absolute Gasteiger partial charge is 0.312 e. The van der Waals surface area contributed by atoms with E-state index in [1.165, 1.54) is 89.1 Å². The summed E-state index contributed by atoms with van der Waals surface area (Å²) in [6, 6.07) is 0.782. The number of nitrogens with one attached hydrogen (secondary N) is 1.